The topological polar surface area (TPSA) is 61.8 Å². The minimum atomic E-state index is 0.173. The van der Waals surface area contributed by atoms with Gasteiger partial charge in [0.05, 0.1) is 19.7 Å². The van der Waals surface area contributed by atoms with Crippen LogP contribution in [-0.2, 0) is 6.42 Å². The number of hydrogen-bond acceptors (Lipinski definition) is 4. The van der Waals surface area contributed by atoms with Crippen LogP contribution in [0.15, 0.2) is 53.7 Å². The van der Waals surface area contributed by atoms with Gasteiger partial charge >= 0.3 is 0 Å². The molecule has 1 unspecified atom stereocenters. The zero-order valence-electron chi connectivity index (χ0n) is 16.8. The summed E-state index contributed by atoms with van der Waals surface area (Å²) in [5.41, 5.74) is 2.26. The molecule has 0 radical (unpaired) electrons. The minimum Gasteiger partial charge on any atom is -0.497 e. The van der Waals surface area contributed by atoms with E-state index in [0.717, 1.165) is 36.9 Å². The highest BCUT2D eigenvalue weighted by molar-refractivity contribution is 5.79. The molecule has 27 heavy (non-hydrogen) atoms. The zero-order chi connectivity index (χ0) is 19.5. The van der Waals surface area contributed by atoms with E-state index in [4.69, 9.17) is 9.73 Å². The van der Waals surface area contributed by atoms with Gasteiger partial charge in [-0.05, 0) is 50.8 Å². The molecule has 2 N–H and O–H groups in total. The number of pyridine rings is 1. The first-order chi connectivity index (χ1) is 13.1. The van der Waals surface area contributed by atoms with Gasteiger partial charge < -0.3 is 20.3 Å². The maximum absolute atomic E-state index is 5.36. The highest BCUT2D eigenvalue weighted by Gasteiger charge is 2.14. The number of aromatic nitrogens is 1. The normalized spacial score (nSPS) is 12.7. The fraction of sp³-hybridized carbons (Fsp3) is 0.429. The maximum atomic E-state index is 5.36. The van der Waals surface area contributed by atoms with E-state index in [9.17, 15) is 0 Å². The molecule has 0 amide bonds. The van der Waals surface area contributed by atoms with Gasteiger partial charge in [-0.15, -0.1) is 0 Å². The second-order valence-corrected chi connectivity index (χ2v) is 6.47. The Morgan fingerprint density at radius 2 is 2.04 bits per heavy atom. The van der Waals surface area contributed by atoms with Gasteiger partial charge in [-0.25, -0.2) is 0 Å². The summed E-state index contributed by atoms with van der Waals surface area (Å²) in [6.45, 7) is 4.33. The van der Waals surface area contributed by atoms with Crippen LogP contribution < -0.4 is 15.4 Å². The van der Waals surface area contributed by atoms with Crippen molar-refractivity contribution in [3.8, 4) is 5.75 Å². The van der Waals surface area contributed by atoms with Gasteiger partial charge in [0.2, 0.25) is 0 Å². The van der Waals surface area contributed by atoms with Crippen LogP contribution in [0.4, 0.5) is 0 Å². The molecule has 0 aliphatic carbocycles. The molecule has 2 rings (SSSR count). The van der Waals surface area contributed by atoms with Crippen LogP contribution in [0.1, 0.15) is 24.2 Å². The van der Waals surface area contributed by atoms with E-state index in [-0.39, 0.29) is 6.04 Å². The van der Waals surface area contributed by atoms with Crippen LogP contribution in [0.3, 0.4) is 0 Å². The van der Waals surface area contributed by atoms with E-state index in [0.29, 0.717) is 6.54 Å². The molecule has 0 aliphatic heterocycles. The summed E-state index contributed by atoms with van der Waals surface area (Å²) in [6, 6.07) is 14.3. The van der Waals surface area contributed by atoms with Gasteiger partial charge in [0.1, 0.15) is 5.75 Å². The molecule has 1 atom stereocenters. The van der Waals surface area contributed by atoms with Crippen LogP contribution in [0.25, 0.3) is 0 Å². The lowest BCUT2D eigenvalue weighted by Crippen LogP contribution is -2.39. The predicted molar refractivity (Wildman–Crippen MR) is 111 cm³/mol. The van der Waals surface area contributed by atoms with Gasteiger partial charge in [-0.1, -0.05) is 18.2 Å². The average Bonchev–Trinajstić information content (AvgIpc) is 2.69. The summed E-state index contributed by atoms with van der Waals surface area (Å²) >= 11 is 0. The molecule has 146 valence electrons. The monoisotopic (exact) mass is 369 g/mol. The average molecular weight is 370 g/mol. The number of aliphatic imine (C=N–C) groups is 1. The molecular formula is C21H31N5O. The Morgan fingerprint density at radius 3 is 2.70 bits per heavy atom. The summed E-state index contributed by atoms with van der Waals surface area (Å²) < 4.78 is 5.36. The van der Waals surface area contributed by atoms with E-state index < -0.39 is 0 Å². The fourth-order valence-corrected chi connectivity index (χ4v) is 2.79. The number of guanidine groups is 1. The lowest BCUT2D eigenvalue weighted by Gasteiger charge is -2.24. The molecule has 1 aromatic heterocycles. The number of nitrogens with one attached hydrogen (secondary N) is 2. The molecule has 0 spiro atoms. The van der Waals surface area contributed by atoms with Gasteiger partial charge in [-0.3, -0.25) is 9.98 Å². The number of benzene rings is 1. The lowest BCUT2D eigenvalue weighted by molar-refractivity contribution is 0.305. The third-order valence-electron chi connectivity index (χ3n) is 4.27. The molecule has 1 aromatic carbocycles. The first-order valence-electron chi connectivity index (χ1n) is 9.36. The van der Waals surface area contributed by atoms with Crippen molar-refractivity contribution in [3.63, 3.8) is 0 Å². The highest BCUT2D eigenvalue weighted by atomic mass is 16.5. The van der Waals surface area contributed by atoms with Crippen molar-refractivity contribution >= 4 is 5.96 Å². The van der Waals surface area contributed by atoms with E-state index in [2.05, 4.69) is 53.7 Å². The number of hydrogen-bond donors (Lipinski definition) is 2. The minimum absolute atomic E-state index is 0.173. The summed E-state index contributed by atoms with van der Waals surface area (Å²) in [5.74, 6) is 1.69. The van der Waals surface area contributed by atoms with Gasteiger partial charge in [0.15, 0.2) is 5.96 Å². The Hall–Kier alpha value is -2.60. The second kappa shape index (κ2) is 11.2. The van der Waals surface area contributed by atoms with Crippen molar-refractivity contribution in [2.24, 2.45) is 4.99 Å². The van der Waals surface area contributed by atoms with Crippen LogP contribution in [0.5, 0.6) is 5.75 Å². The molecular weight excluding hydrogens is 338 g/mol. The SMILES string of the molecule is CCNC(=NCC(c1cccc(OC)c1)N(C)C)NCCc1ccccn1. The standard InChI is InChI=1S/C21H31N5O/c1-5-22-21(24-14-12-18-10-6-7-13-23-18)25-16-20(26(2)3)17-9-8-11-19(15-17)27-4/h6-11,13,15,20H,5,12,14,16H2,1-4H3,(H2,22,24,25). The predicted octanol–water partition coefficient (Wildman–Crippen LogP) is 2.49. The third-order valence-corrected chi connectivity index (χ3v) is 4.27. The lowest BCUT2D eigenvalue weighted by atomic mass is 10.1. The number of methoxy groups -OCH3 is 1. The zero-order valence-corrected chi connectivity index (χ0v) is 16.8. The first kappa shape index (κ1) is 20.7. The summed E-state index contributed by atoms with van der Waals surface area (Å²) in [6.07, 6.45) is 2.68. The number of likely N-dealkylation sites (N-methyl/N-ethyl adjacent to an activating group) is 1. The Kier molecular flexibility index (Phi) is 8.58. The van der Waals surface area contributed by atoms with E-state index in [1.807, 2.05) is 36.5 Å². The Morgan fingerprint density at radius 1 is 1.19 bits per heavy atom. The maximum Gasteiger partial charge on any atom is 0.191 e. The quantitative estimate of drug-likeness (QED) is 0.525. The fourth-order valence-electron chi connectivity index (χ4n) is 2.79. The van der Waals surface area contributed by atoms with Crippen molar-refractivity contribution in [1.82, 2.24) is 20.5 Å². The molecule has 6 heteroatoms. The highest BCUT2D eigenvalue weighted by Crippen LogP contribution is 2.22. The van der Waals surface area contributed by atoms with Crippen molar-refractivity contribution in [2.75, 3.05) is 40.8 Å². The van der Waals surface area contributed by atoms with Crippen molar-refractivity contribution in [1.29, 1.82) is 0 Å². The number of ether oxygens (including phenoxy) is 1. The number of rotatable bonds is 9. The molecule has 0 aliphatic rings. The van der Waals surface area contributed by atoms with E-state index in [1.165, 1.54) is 5.56 Å². The first-order valence-corrected chi connectivity index (χ1v) is 9.36. The second-order valence-electron chi connectivity index (χ2n) is 6.47. The Labute approximate surface area is 162 Å². The van der Waals surface area contributed by atoms with Crippen LogP contribution in [0.2, 0.25) is 0 Å². The molecule has 0 saturated heterocycles. The third kappa shape index (κ3) is 6.90. The Balaban J connectivity index is 2.01. The summed E-state index contributed by atoms with van der Waals surface area (Å²) in [4.78, 5) is 11.3. The molecule has 2 aromatic rings. The molecule has 6 nitrogen and oxygen atoms in total. The van der Waals surface area contributed by atoms with Crippen molar-refractivity contribution < 1.29 is 4.74 Å². The van der Waals surface area contributed by atoms with Crippen LogP contribution in [0, 0.1) is 0 Å². The van der Waals surface area contributed by atoms with Crippen LogP contribution in [-0.4, -0.2) is 56.7 Å². The van der Waals surface area contributed by atoms with Crippen molar-refractivity contribution in [3.05, 3.63) is 59.9 Å². The van der Waals surface area contributed by atoms with Crippen LogP contribution >= 0.6 is 0 Å². The van der Waals surface area contributed by atoms with E-state index in [1.54, 1.807) is 7.11 Å². The molecule has 0 bridgehead atoms. The molecule has 0 saturated carbocycles. The smallest absolute Gasteiger partial charge is 0.191 e. The van der Waals surface area contributed by atoms with Gasteiger partial charge in [0.25, 0.3) is 0 Å². The number of nitrogens with zero attached hydrogens (tertiary/aromatic N) is 3. The molecule has 0 fully saturated rings. The Bertz CT molecular complexity index is 703. The van der Waals surface area contributed by atoms with Gasteiger partial charge in [0, 0.05) is 31.4 Å². The summed E-state index contributed by atoms with van der Waals surface area (Å²) in [7, 11) is 5.83. The van der Waals surface area contributed by atoms with Gasteiger partial charge in [-0.2, -0.15) is 0 Å². The summed E-state index contributed by atoms with van der Waals surface area (Å²) in [5, 5.41) is 6.71. The van der Waals surface area contributed by atoms with Crippen molar-refractivity contribution in [2.45, 2.75) is 19.4 Å². The molecule has 1 heterocycles. The van der Waals surface area contributed by atoms with E-state index >= 15 is 0 Å². The largest absolute Gasteiger partial charge is 0.497 e.